The lowest BCUT2D eigenvalue weighted by Gasteiger charge is -2.18. The summed E-state index contributed by atoms with van der Waals surface area (Å²) in [5.74, 6) is 1.11. The normalized spacial score (nSPS) is 16.0. The smallest absolute Gasteiger partial charge is 0.417 e. The molecule has 4 nitrogen and oxygen atoms in total. The van der Waals surface area contributed by atoms with Crippen LogP contribution < -0.4 is 9.47 Å². The summed E-state index contributed by atoms with van der Waals surface area (Å²) >= 11 is 0. The average molecular weight is 454 g/mol. The number of hydrogen-bond donors (Lipinski definition) is 1. The first kappa shape index (κ1) is 21.5. The summed E-state index contributed by atoms with van der Waals surface area (Å²) in [4.78, 5) is 13.2. The van der Waals surface area contributed by atoms with Crippen molar-refractivity contribution in [1.29, 1.82) is 0 Å². The second-order valence-electron chi connectivity index (χ2n) is 8.48. The average Bonchev–Trinajstić information content (AvgIpc) is 3.49. The van der Waals surface area contributed by atoms with Crippen molar-refractivity contribution in [2.24, 2.45) is 0 Å². The number of halogens is 3. The van der Waals surface area contributed by atoms with Gasteiger partial charge >= 0.3 is 6.18 Å². The Morgan fingerprint density at radius 2 is 1.61 bits per heavy atom. The SMILES string of the molecule is O=C(Cc1ccc(-c2ccc(CO)cc2)c(C(F)(F)F)c1)C1(c2ccc3c(c2)OCO3)CC1. The van der Waals surface area contributed by atoms with E-state index in [1.165, 1.54) is 6.07 Å². The number of benzene rings is 3. The van der Waals surface area contributed by atoms with Crippen LogP contribution in [0.3, 0.4) is 0 Å². The molecule has 3 aromatic rings. The first-order valence-corrected chi connectivity index (χ1v) is 10.6. The molecule has 0 bridgehead atoms. The van der Waals surface area contributed by atoms with Crippen molar-refractivity contribution in [2.75, 3.05) is 6.79 Å². The molecule has 170 valence electrons. The fourth-order valence-electron chi connectivity index (χ4n) is 4.38. The second-order valence-corrected chi connectivity index (χ2v) is 8.48. The van der Waals surface area contributed by atoms with E-state index in [0.29, 0.717) is 41.0 Å². The van der Waals surface area contributed by atoms with Gasteiger partial charge in [0.2, 0.25) is 6.79 Å². The van der Waals surface area contributed by atoms with E-state index in [4.69, 9.17) is 9.47 Å². The highest BCUT2D eigenvalue weighted by molar-refractivity contribution is 5.95. The van der Waals surface area contributed by atoms with Gasteiger partial charge in [0, 0.05) is 6.42 Å². The predicted octanol–water partition coefficient (Wildman–Crippen LogP) is 5.44. The van der Waals surface area contributed by atoms with E-state index in [1.807, 2.05) is 6.07 Å². The molecule has 0 atom stereocenters. The molecule has 1 heterocycles. The number of aliphatic hydroxyl groups excluding tert-OH is 1. The zero-order valence-electron chi connectivity index (χ0n) is 17.6. The maximum absolute atomic E-state index is 13.9. The Morgan fingerprint density at radius 1 is 0.909 bits per heavy atom. The van der Waals surface area contributed by atoms with Gasteiger partial charge in [0.15, 0.2) is 11.5 Å². The summed E-state index contributed by atoms with van der Waals surface area (Å²) in [7, 11) is 0. The standard InChI is InChI=1S/C26H21F3O4/c27-26(28,29)21-11-17(3-7-20(21)18-4-1-16(14-30)2-5-18)12-24(31)25(9-10-25)19-6-8-22-23(13-19)33-15-32-22/h1-8,11,13,30H,9-10,12,14-15H2. The van der Waals surface area contributed by atoms with E-state index in [2.05, 4.69) is 0 Å². The molecule has 2 aliphatic rings. The van der Waals surface area contributed by atoms with Crippen LogP contribution in [0.25, 0.3) is 11.1 Å². The lowest BCUT2D eigenvalue weighted by atomic mass is 9.86. The molecular weight excluding hydrogens is 433 g/mol. The minimum absolute atomic E-state index is 0.0418. The summed E-state index contributed by atoms with van der Waals surface area (Å²) in [5.41, 5.74) is 0.739. The fourth-order valence-corrected chi connectivity index (χ4v) is 4.38. The monoisotopic (exact) mass is 454 g/mol. The molecule has 1 aliphatic heterocycles. The molecule has 0 unspecified atom stereocenters. The summed E-state index contributed by atoms with van der Waals surface area (Å²) in [6.45, 7) is -0.0480. The van der Waals surface area contributed by atoms with E-state index in [0.717, 1.165) is 11.6 Å². The van der Waals surface area contributed by atoms with Gasteiger partial charge in [0.25, 0.3) is 0 Å². The van der Waals surface area contributed by atoms with Crippen LogP contribution in [0.5, 0.6) is 11.5 Å². The Balaban J connectivity index is 1.43. The number of Topliss-reactive ketones (excluding diaryl/α,β-unsaturated/α-hetero) is 1. The molecule has 5 rings (SSSR count). The van der Waals surface area contributed by atoms with Gasteiger partial charge in [-0.15, -0.1) is 0 Å². The summed E-state index contributed by atoms with van der Waals surface area (Å²) in [6.07, 6.45) is -3.33. The zero-order chi connectivity index (χ0) is 23.2. The molecule has 1 saturated carbocycles. The highest BCUT2D eigenvalue weighted by Crippen LogP contribution is 2.51. The molecule has 7 heteroatoms. The minimum Gasteiger partial charge on any atom is -0.454 e. The summed E-state index contributed by atoms with van der Waals surface area (Å²) in [6, 6.07) is 15.8. The molecule has 3 aromatic carbocycles. The molecule has 1 aliphatic carbocycles. The second kappa shape index (κ2) is 7.92. The van der Waals surface area contributed by atoms with E-state index < -0.39 is 17.2 Å². The Kier molecular flexibility index (Phi) is 5.16. The molecule has 0 spiro atoms. The van der Waals surface area contributed by atoms with Crippen LogP contribution in [-0.4, -0.2) is 17.7 Å². The van der Waals surface area contributed by atoms with E-state index in [1.54, 1.807) is 42.5 Å². The first-order chi connectivity index (χ1) is 15.8. The molecule has 0 saturated heterocycles. The predicted molar refractivity (Wildman–Crippen MR) is 115 cm³/mol. The number of ketones is 1. The number of rotatable bonds is 6. The number of carbonyl (C=O) groups is 1. The van der Waals surface area contributed by atoms with Crippen molar-refractivity contribution in [3.05, 3.63) is 82.9 Å². The van der Waals surface area contributed by atoms with Gasteiger partial charge in [-0.25, -0.2) is 0 Å². The Morgan fingerprint density at radius 3 is 2.27 bits per heavy atom. The van der Waals surface area contributed by atoms with Gasteiger partial charge in [-0.1, -0.05) is 42.5 Å². The third-order valence-electron chi connectivity index (χ3n) is 6.41. The lowest BCUT2D eigenvalue weighted by Crippen LogP contribution is -2.22. The maximum Gasteiger partial charge on any atom is 0.417 e. The van der Waals surface area contributed by atoms with Crippen molar-refractivity contribution >= 4 is 5.78 Å². The molecule has 0 aromatic heterocycles. The van der Waals surface area contributed by atoms with E-state index >= 15 is 0 Å². The third-order valence-corrected chi connectivity index (χ3v) is 6.41. The van der Waals surface area contributed by atoms with Crippen LogP contribution in [0.4, 0.5) is 13.2 Å². The largest absolute Gasteiger partial charge is 0.454 e. The van der Waals surface area contributed by atoms with Crippen LogP contribution in [-0.2, 0) is 29.4 Å². The highest BCUT2D eigenvalue weighted by Gasteiger charge is 2.51. The van der Waals surface area contributed by atoms with Gasteiger partial charge < -0.3 is 14.6 Å². The zero-order valence-corrected chi connectivity index (χ0v) is 17.6. The van der Waals surface area contributed by atoms with Crippen molar-refractivity contribution in [1.82, 2.24) is 0 Å². The third kappa shape index (κ3) is 3.97. The van der Waals surface area contributed by atoms with Gasteiger partial charge in [-0.3, -0.25) is 4.79 Å². The lowest BCUT2D eigenvalue weighted by molar-refractivity contribution is -0.137. The fraction of sp³-hybridized carbons (Fsp3) is 0.269. The van der Waals surface area contributed by atoms with E-state index in [-0.39, 0.29) is 31.2 Å². The van der Waals surface area contributed by atoms with Crippen molar-refractivity contribution in [3.63, 3.8) is 0 Å². The van der Waals surface area contributed by atoms with Crippen LogP contribution >= 0.6 is 0 Å². The van der Waals surface area contributed by atoms with Gasteiger partial charge in [0.1, 0.15) is 5.78 Å². The van der Waals surface area contributed by atoms with Crippen molar-refractivity contribution < 1.29 is 32.5 Å². The number of aliphatic hydroxyl groups is 1. The van der Waals surface area contributed by atoms with Crippen molar-refractivity contribution in [2.45, 2.75) is 37.5 Å². The molecule has 1 fully saturated rings. The number of ether oxygens (including phenoxy) is 2. The number of alkyl halides is 3. The topological polar surface area (TPSA) is 55.8 Å². The maximum atomic E-state index is 13.9. The van der Waals surface area contributed by atoms with E-state index in [9.17, 15) is 23.1 Å². The van der Waals surface area contributed by atoms with Gasteiger partial charge in [-0.05, 0) is 58.9 Å². The van der Waals surface area contributed by atoms with Crippen molar-refractivity contribution in [3.8, 4) is 22.6 Å². The minimum atomic E-state index is -4.57. The number of carbonyl (C=O) groups excluding carboxylic acids is 1. The van der Waals surface area contributed by atoms with Crippen LogP contribution in [0.2, 0.25) is 0 Å². The Bertz CT molecular complexity index is 1210. The quantitative estimate of drug-likeness (QED) is 0.539. The number of hydrogen-bond acceptors (Lipinski definition) is 4. The number of fused-ring (bicyclic) bond motifs is 1. The van der Waals surface area contributed by atoms with Crippen LogP contribution in [0.15, 0.2) is 60.7 Å². The van der Waals surface area contributed by atoms with Crippen LogP contribution in [0.1, 0.15) is 35.1 Å². The molecule has 33 heavy (non-hydrogen) atoms. The van der Waals surface area contributed by atoms with Gasteiger partial charge in [-0.2, -0.15) is 13.2 Å². The molecule has 0 amide bonds. The van der Waals surface area contributed by atoms with Crippen LogP contribution in [0, 0.1) is 0 Å². The summed E-state index contributed by atoms with van der Waals surface area (Å²) < 4.78 is 52.4. The molecule has 1 N–H and O–H groups in total. The Labute approximate surface area is 188 Å². The Hall–Kier alpha value is -3.32. The molecular formula is C26H21F3O4. The molecule has 0 radical (unpaired) electrons. The van der Waals surface area contributed by atoms with Gasteiger partial charge in [0.05, 0.1) is 17.6 Å². The first-order valence-electron chi connectivity index (χ1n) is 10.6. The summed E-state index contributed by atoms with van der Waals surface area (Å²) in [5, 5.41) is 9.18. The highest BCUT2D eigenvalue weighted by atomic mass is 19.4.